The van der Waals surface area contributed by atoms with Crippen molar-refractivity contribution >= 4 is 0 Å². The Morgan fingerprint density at radius 2 is 1.18 bits per heavy atom. The molecule has 0 saturated heterocycles. The van der Waals surface area contributed by atoms with Crippen LogP contribution < -0.4 is 0 Å². The van der Waals surface area contributed by atoms with E-state index in [2.05, 4.69) is 13.8 Å². The van der Waals surface area contributed by atoms with Gasteiger partial charge in [0.1, 0.15) is 0 Å². The van der Waals surface area contributed by atoms with Gasteiger partial charge in [0.05, 0.1) is 0 Å². The fourth-order valence-electron chi connectivity index (χ4n) is 0.729. The van der Waals surface area contributed by atoms with Crippen molar-refractivity contribution in [1.29, 1.82) is 0 Å². The summed E-state index contributed by atoms with van der Waals surface area (Å²) in [7, 11) is 0. The minimum Gasteiger partial charge on any atom is -0.870 e. The quantitative estimate of drug-likeness (QED) is 0.483. The molecule has 0 amide bonds. The molecule has 11 heavy (non-hydrogen) atoms. The Morgan fingerprint density at radius 3 is 1.45 bits per heavy atom. The van der Waals surface area contributed by atoms with Gasteiger partial charge in [-0.3, -0.25) is 0 Å². The van der Waals surface area contributed by atoms with Crippen LogP contribution in [-0.4, -0.2) is 11.0 Å². The molecular formula is C8H20O2Ti. The molecule has 0 aromatic carbocycles. The van der Waals surface area contributed by atoms with E-state index in [9.17, 15) is 0 Å². The van der Waals surface area contributed by atoms with E-state index in [1.54, 1.807) is 9.45 Å². The SMILES string of the molecule is CCC[CH2][Ti+2][CH2]CCC.[OH-].[OH-]. The molecule has 3 heteroatoms. The van der Waals surface area contributed by atoms with Crippen LogP contribution in [0.3, 0.4) is 0 Å². The van der Waals surface area contributed by atoms with E-state index in [-0.39, 0.29) is 11.0 Å². The van der Waals surface area contributed by atoms with Crippen LogP contribution in [0.1, 0.15) is 39.5 Å². The summed E-state index contributed by atoms with van der Waals surface area (Å²) in [6, 6.07) is 0. The summed E-state index contributed by atoms with van der Waals surface area (Å²) in [5.74, 6) is 0. The van der Waals surface area contributed by atoms with Crippen LogP contribution in [0.2, 0.25) is 9.45 Å². The fraction of sp³-hybridized carbons (Fsp3) is 1.00. The van der Waals surface area contributed by atoms with Crippen LogP contribution in [-0.2, 0) is 19.2 Å². The molecule has 0 aliphatic heterocycles. The Balaban J connectivity index is -0.000000320. The van der Waals surface area contributed by atoms with Gasteiger partial charge >= 0.3 is 68.1 Å². The first-order valence-electron chi connectivity index (χ1n) is 4.12. The summed E-state index contributed by atoms with van der Waals surface area (Å²) in [4.78, 5) is 0. The van der Waals surface area contributed by atoms with Crippen LogP contribution in [0.5, 0.6) is 0 Å². The third-order valence-electron chi connectivity index (χ3n) is 1.41. The zero-order valence-electron chi connectivity index (χ0n) is 7.64. The second-order valence-corrected chi connectivity index (χ2v) is 4.80. The van der Waals surface area contributed by atoms with Crippen molar-refractivity contribution in [3.8, 4) is 0 Å². The van der Waals surface area contributed by atoms with Gasteiger partial charge in [0.25, 0.3) is 0 Å². The Labute approximate surface area is 79.3 Å². The standard InChI is InChI=1S/2C4H9.2H2O.Ti/c2*1-3-4-2;;;/h2*1,3-4H2,2H3;2*1H2;/q;;;;+2/p-2. The summed E-state index contributed by atoms with van der Waals surface area (Å²) in [6.45, 7) is 4.57. The number of rotatable bonds is 6. The average Bonchev–Trinajstić information content (AvgIpc) is 1.89. The van der Waals surface area contributed by atoms with Crippen molar-refractivity contribution in [3.63, 3.8) is 0 Å². The van der Waals surface area contributed by atoms with Crippen molar-refractivity contribution in [3.05, 3.63) is 0 Å². The summed E-state index contributed by atoms with van der Waals surface area (Å²) in [5.41, 5.74) is 0. The Hall–Kier alpha value is 0.634. The largest absolute Gasteiger partial charge is 0.870 e. The number of hydrogen-bond donors (Lipinski definition) is 0. The van der Waals surface area contributed by atoms with E-state index >= 15 is 0 Å². The minimum absolute atomic E-state index is 0. The molecule has 0 spiro atoms. The predicted octanol–water partition coefficient (Wildman–Crippen LogP) is 3.15. The summed E-state index contributed by atoms with van der Waals surface area (Å²) in [5, 5.41) is 0. The van der Waals surface area contributed by atoms with Gasteiger partial charge in [-0.25, -0.2) is 0 Å². The van der Waals surface area contributed by atoms with Gasteiger partial charge in [-0.2, -0.15) is 0 Å². The monoisotopic (exact) mass is 196 g/mol. The smallest absolute Gasteiger partial charge is 0.870 e. The van der Waals surface area contributed by atoms with Crippen molar-refractivity contribution in [2.75, 3.05) is 0 Å². The van der Waals surface area contributed by atoms with E-state index in [0.717, 1.165) is 0 Å². The molecule has 0 radical (unpaired) electrons. The Bertz CT molecular complexity index is 45.4. The van der Waals surface area contributed by atoms with Crippen LogP contribution in [0.4, 0.5) is 0 Å². The molecule has 68 valence electrons. The Kier molecular flexibility index (Phi) is 27.2. The third kappa shape index (κ3) is 18.0. The van der Waals surface area contributed by atoms with Gasteiger partial charge in [0, 0.05) is 0 Å². The Morgan fingerprint density at radius 1 is 0.818 bits per heavy atom. The molecule has 0 rings (SSSR count). The maximum Gasteiger partial charge on any atom is -0.870 e. The molecule has 0 unspecified atom stereocenters. The maximum atomic E-state index is 2.28. The van der Waals surface area contributed by atoms with Crippen molar-refractivity contribution in [2.24, 2.45) is 0 Å². The normalized spacial score (nSPS) is 7.45. The molecule has 0 aliphatic carbocycles. The zero-order chi connectivity index (χ0) is 6.95. The van der Waals surface area contributed by atoms with Crippen molar-refractivity contribution < 1.29 is 30.1 Å². The summed E-state index contributed by atoms with van der Waals surface area (Å²) in [6.07, 6.45) is 5.78. The zero-order valence-corrected chi connectivity index (χ0v) is 9.20. The molecule has 0 saturated carbocycles. The van der Waals surface area contributed by atoms with Gasteiger partial charge in [-0.15, -0.1) is 0 Å². The van der Waals surface area contributed by atoms with Gasteiger partial charge in [0.2, 0.25) is 0 Å². The van der Waals surface area contributed by atoms with E-state index < -0.39 is 0 Å². The topological polar surface area (TPSA) is 60.0 Å². The van der Waals surface area contributed by atoms with Gasteiger partial charge < -0.3 is 11.0 Å². The van der Waals surface area contributed by atoms with Crippen molar-refractivity contribution in [2.45, 2.75) is 49.0 Å². The molecule has 0 aromatic heterocycles. The molecule has 2 nitrogen and oxygen atoms in total. The third-order valence-corrected chi connectivity index (χ3v) is 3.62. The predicted molar refractivity (Wildman–Crippen MR) is 43.3 cm³/mol. The van der Waals surface area contributed by atoms with E-state index in [1.807, 2.05) is 0 Å². The molecule has 0 heterocycles. The molecule has 0 bridgehead atoms. The van der Waals surface area contributed by atoms with Crippen molar-refractivity contribution in [1.82, 2.24) is 0 Å². The fourth-order valence-corrected chi connectivity index (χ4v) is 3.00. The molecule has 0 fully saturated rings. The van der Waals surface area contributed by atoms with Gasteiger partial charge in [-0.05, 0) is 0 Å². The maximum absolute atomic E-state index is 2.28. The number of unbranched alkanes of at least 4 members (excludes halogenated alkanes) is 2. The number of hydrogen-bond acceptors (Lipinski definition) is 2. The van der Waals surface area contributed by atoms with E-state index in [0.29, 0.717) is 19.2 Å². The first-order valence-corrected chi connectivity index (χ1v) is 6.33. The first kappa shape index (κ1) is 17.6. The molecular weight excluding hydrogens is 176 g/mol. The summed E-state index contributed by atoms with van der Waals surface area (Å²) < 4.78 is 3.16. The van der Waals surface area contributed by atoms with Crippen LogP contribution in [0, 0.1) is 0 Å². The van der Waals surface area contributed by atoms with E-state index in [1.165, 1.54) is 25.7 Å². The van der Waals surface area contributed by atoms with Crippen LogP contribution in [0.25, 0.3) is 0 Å². The second kappa shape index (κ2) is 16.9. The van der Waals surface area contributed by atoms with Gasteiger partial charge in [0.15, 0.2) is 0 Å². The summed E-state index contributed by atoms with van der Waals surface area (Å²) >= 11 is 0.496. The second-order valence-electron chi connectivity index (χ2n) is 2.46. The van der Waals surface area contributed by atoms with Crippen LogP contribution in [0.15, 0.2) is 0 Å². The average molecular weight is 196 g/mol. The molecule has 0 atom stereocenters. The van der Waals surface area contributed by atoms with Crippen LogP contribution >= 0.6 is 0 Å². The van der Waals surface area contributed by atoms with Gasteiger partial charge in [-0.1, -0.05) is 0 Å². The van der Waals surface area contributed by atoms with E-state index in [4.69, 9.17) is 0 Å². The first-order chi connectivity index (χ1) is 4.41. The molecule has 0 aliphatic rings. The molecule has 0 aromatic rings. The molecule has 2 N–H and O–H groups in total. The minimum atomic E-state index is 0.